The lowest BCUT2D eigenvalue weighted by atomic mass is 10.1. The minimum Gasteiger partial charge on any atom is -0.481 e. The molecule has 0 radical (unpaired) electrons. The van der Waals surface area contributed by atoms with Crippen molar-refractivity contribution in [1.82, 2.24) is 0 Å². The minimum absolute atomic E-state index is 0.0768. The zero-order valence-electron chi connectivity index (χ0n) is 11.0. The van der Waals surface area contributed by atoms with E-state index in [2.05, 4.69) is 5.32 Å². The van der Waals surface area contributed by atoms with E-state index in [9.17, 15) is 14.9 Å². The third kappa shape index (κ3) is 4.57. The maximum atomic E-state index is 11.0. The molecule has 0 saturated heterocycles. The number of hydrogen-bond donors (Lipinski definition) is 2. The number of para-hydroxylation sites is 1. The van der Waals surface area contributed by atoms with Gasteiger partial charge in [0.2, 0.25) is 0 Å². The Labute approximate surface area is 111 Å². The number of aryl methyl sites for hydroxylation is 1. The lowest BCUT2D eigenvalue weighted by Gasteiger charge is -2.13. The summed E-state index contributed by atoms with van der Waals surface area (Å²) < 4.78 is 0. The molecule has 1 aromatic rings. The standard InChI is InChI=1S/C13H18N2O4/c1-9(6-7-12(16)17)8-14-11-5-3-4-10(2)13(11)15(18)19/h3-5,9,14H,6-8H2,1-2H3,(H,16,17). The van der Waals surface area contributed by atoms with Gasteiger partial charge in [-0.3, -0.25) is 14.9 Å². The number of hydrogen-bond acceptors (Lipinski definition) is 4. The van der Waals surface area contributed by atoms with Gasteiger partial charge in [-0.1, -0.05) is 19.1 Å². The van der Waals surface area contributed by atoms with Crippen LogP contribution < -0.4 is 5.32 Å². The summed E-state index contributed by atoms with van der Waals surface area (Å²) in [6, 6.07) is 5.11. The Kier molecular flexibility index (Phi) is 5.29. The molecule has 0 bridgehead atoms. The first-order chi connectivity index (χ1) is 8.91. The van der Waals surface area contributed by atoms with Crippen LogP contribution in [0.1, 0.15) is 25.3 Å². The van der Waals surface area contributed by atoms with Crippen molar-refractivity contribution in [1.29, 1.82) is 0 Å². The number of nitrogens with one attached hydrogen (secondary N) is 1. The quantitative estimate of drug-likeness (QED) is 0.584. The third-order valence-corrected chi connectivity index (χ3v) is 2.91. The first-order valence-electron chi connectivity index (χ1n) is 6.11. The molecule has 0 aliphatic rings. The summed E-state index contributed by atoms with van der Waals surface area (Å²) in [4.78, 5) is 21.0. The van der Waals surface area contributed by atoms with Gasteiger partial charge in [-0.15, -0.1) is 0 Å². The highest BCUT2D eigenvalue weighted by atomic mass is 16.6. The summed E-state index contributed by atoms with van der Waals surface area (Å²) in [7, 11) is 0. The Balaban J connectivity index is 2.65. The topological polar surface area (TPSA) is 92.5 Å². The number of rotatable bonds is 7. The van der Waals surface area contributed by atoms with E-state index in [-0.39, 0.29) is 18.0 Å². The van der Waals surface area contributed by atoms with Crippen molar-refractivity contribution < 1.29 is 14.8 Å². The molecule has 1 rings (SSSR count). The van der Waals surface area contributed by atoms with E-state index in [0.717, 1.165) is 0 Å². The zero-order valence-corrected chi connectivity index (χ0v) is 11.0. The number of carboxylic acids is 1. The van der Waals surface area contributed by atoms with Crippen LogP contribution in [0.2, 0.25) is 0 Å². The smallest absolute Gasteiger partial charge is 0.303 e. The fourth-order valence-corrected chi connectivity index (χ4v) is 1.80. The summed E-state index contributed by atoms with van der Waals surface area (Å²) in [6.07, 6.45) is 0.653. The van der Waals surface area contributed by atoms with Gasteiger partial charge in [0.25, 0.3) is 5.69 Å². The second kappa shape index (κ2) is 6.72. The molecule has 0 aromatic heterocycles. The van der Waals surface area contributed by atoms with Gasteiger partial charge in [0.05, 0.1) is 4.92 Å². The molecule has 104 valence electrons. The van der Waals surface area contributed by atoms with Crippen molar-refractivity contribution in [2.45, 2.75) is 26.7 Å². The van der Waals surface area contributed by atoms with Gasteiger partial charge in [-0.05, 0) is 25.3 Å². The molecule has 2 N–H and O–H groups in total. The Morgan fingerprint density at radius 2 is 2.21 bits per heavy atom. The molecule has 0 fully saturated rings. The summed E-state index contributed by atoms with van der Waals surface area (Å²) in [5.41, 5.74) is 1.16. The normalized spacial score (nSPS) is 11.9. The number of aliphatic carboxylic acids is 1. The number of anilines is 1. The molecule has 0 amide bonds. The largest absolute Gasteiger partial charge is 0.481 e. The summed E-state index contributed by atoms with van der Waals surface area (Å²) in [6.45, 7) is 4.12. The van der Waals surface area contributed by atoms with E-state index in [1.54, 1.807) is 25.1 Å². The van der Waals surface area contributed by atoms with E-state index in [0.29, 0.717) is 24.2 Å². The SMILES string of the molecule is Cc1cccc(NCC(C)CCC(=O)O)c1[N+](=O)[O-]. The number of nitro benzene ring substituents is 1. The van der Waals surface area contributed by atoms with Gasteiger partial charge < -0.3 is 10.4 Å². The van der Waals surface area contributed by atoms with E-state index in [1.165, 1.54) is 0 Å². The van der Waals surface area contributed by atoms with Gasteiger partial charge >= 0.3 is 5.97 Å². The average molecular weight is 266 g/mol. The van der Waals surface area contributed by atoms with Crippen LogP contribution in [0.25, 0.3) is 0 Å². The second-order valence-electron chi connectivity index (χ2n) is 4.65. The van der Waals surface area contributed by atoms with Crippen LogP contribution in [-0.2, 0) is 4.79 Å². The van der Waals surface area contributed by atoms with E-state index < -0.39 is 10.9 Å². The van der Waals surface area contributed by atoms with Crippen LogP contribution in [0.3, 0.4) is 0 Å². The van der Waals surface area contributed by atoms with Crippen LogP contribution in [0, 0.1) is 23.0 Å². The first kappa shape index (κ1) is 14.9. The molecule has 0 saturated carbocycles. The van der Waals surface area contributed by atoms with Crippen molar-refractivity contribution in [2.24, 2.45) is 5.92 Å². The summed E-state index contributed by atoms with van der Waals surface area (Å²) in [5.74, 6) is -0.690. The summed E-state index contributed by atoms with van der Waals surface area (Å²) >= 11 is 0. The van der Waals surface area contributed by atoms with E-state index in [1.807, 2.05) is 6.92 Å². The first-order valence-corrected chi connectivity index (χ1v) is 6.11. The Bertz CT molecular complexity index is 474. The zero-order chi connectivity index (χ0) is 14.4. The fourth-order valence-electron chi connectivity index (χ4n) is 1.80. The van der Waals surface area contributed by atoms with Gasteiger partial charge in [-0.2, -0.15) is 0 Å². The van der Waals surface area contributed by atoms with Gasteiger partial charge in [-0.25, -0.2) is 0 Å². The second-order valence-corrected chi connectivity index (χ2v) is 4.65. The van der Waals surface area contributed by atoms with E-state index in [4.69, 9.17) is 5.11 Å². The molecule has 1 unspecified atom stereocenters. The maximum Gasteiger partial charge on any atom is 0.303 e. The number of nitro groups is 1. The molecule has 1 atom stereocenters. The van der Waals surface area contributed by atoms with Gasteiger partial charge in [0.1, 0.15) is 5.69 Å². The lowest BCUT2D eigenvalue weighted by Crippen LogP contribution is -2.14. The van der Waals surface area contributed by atoms with Gasteiger partial charge in [0.15, 0.2) is 0 Å². The maximum absolute atomic E-state index is 11.0. The Morgan fingerprint density at radius 1 is 1.53 bits per heavy atom. The van der Waals surface area contributed by atoms with Crippen molar-refractivity contribution in [3.05, 3.63) is 33.9 Å². The molecule has 1 aromatic carbocycles. The highest BCUT2D eigenvalue weighted by Crippen LogP contribution is 2.28. The molecular weight excluding hydrogens is 248 g/mol. The van der Waals surface area contributed by atoms with Crippen LogP contribution >= 0.6 is 0 Å². The molecule has 6 nitrogen and oxygen atoms in total. The Morgan fingerprint density at radius 3 is 2.79 bits per heavy atom. The Hall–Kier alpha value is -2.11. The number of benzene rings is 1. The third-order valence-electron chi connectivity index (χ3n) is 2.91. The summed E-state index contributed by atoms with van der Waals surface area (Å²) in [5, 5.41) is 22.6. The van der Waals surface area contributed by atoms with Crippen LogP contribution in [-0.4, -0.2) is 22.5 Å². The average Bonchev–Trinajstić information content (AvgIpc) is 2.33. The minimum atomic E-state index is -0.826. The van der Waals surface area contributed by atoms with Crippen molar-refractivity contribution in [3.8, 4) is 0 Å². The molecule has 19 heavy (non-hydrogen) atoms. The number of nitrogens with zero attached hydrogens (tertiary/aromatic N) is 1. The highest BCUT2D eigenvalue weighted by Gasteiger charge is 2.17. The van der Waals surface area contributed by atoms with Crippen molar-refractivity contribution >= 4 is 17.3 Å². The van der Waals surface area contributed by atoms with E-state index >= 15 is 0 Å². The fraction of sp³-hybridized carbons (Fsp3) is 0.462. The molecule has 6 heteroatoms. The lowest BCUT2D eigenvalue weighted by molar-refractivity contribution is -0.384. The van der Waals surface area contributed by atoms with Crippen molar-refractivity contribution in [3.63, 3.8) is 0 Å². The molecule has 0 heterocycles. The molecule has 0 spiro atoms. The molecular formula is C13H18N2O4. The van der Waals surface area contributed by atoms with Gasteiger partial charge in [0, 0.05) is 18.5 Å². The highest BCUT2D eigenvalue weighted by molar-refractivity contribution is 5.66. The predicted molar refractivity (Wildman–Crippen MR) is 72.4 cm³/mol. The predicted octanol–water partition coefficient (Wildman–Crippen LogP) is 2.82. The monoisotopic (exact) mass is 266 g/mol. The van der Waals surface area contributed by atoms with Crippen LogP contribution in [0.5, 0.6) is 0 Å². The van der Waals surface area contributed by atoms with Crippen LogP contribution in [0.4, 0.5) is 11.4 Å². The molecule has 0 aliphatic heterocycles. The van der Waals surface area contributed by atoms with Crippen LogP contribution in [0.15, 0.2) is 18.2 Å². The number of carboxylic acid groups (broad SMARTS) is 1. The number of carbonyl (C=O) groups is 1. The van der Waals surface area contributed by atoms with Crippen molar-refractivity contribution in [2.75, 3.05) is 11.9 Å². The molecule has 0 aliphatic carbocycles.